The van der Waals surface area contributed by atoms with Gasteiger partial charge in [-0.15, -0.1) is 22.6 Å². The summed E-state index contributed by atoms with van der Waals surface area (Å²) in [7, 11) is 0. The van der Waals surface area contributed by atoms with Gasteiger partial charge in [-0.25, -0.2) is 4.68 Å². The van der Waals surface area contributed by atoms with Crippen LogP contribution in [0.5, 0.6) is 5.88 Å². The van der Waals surface area contributed by atoms with Gasteiger partial charge >= 0.3 is 0 Å². The standard InChI is InChI=1S/C21H24N6O2.ClH/c1-3-29-20-9-8-19(25-26-20)27-14(2)17(12-24-27)21(28)23-13-18-16-7-5-4-6-15(16)10-11-22-18;/h4-9,12,18,22H,3,10-11,13H2,1-2H3,(H,23,28);1H. The predicted octanol–water partition coefficient (Wildman–Crippen LogP) is 2.41. The number of hydrogen-bond acceptors (Lipinski definition) is 6. The average Bonchev–Trinajstić information content (AvgIpc) is 3.14. The Morgan fingerprint density at radius 1 is 1.27 bits per heavy atom. The average molecular weight is 429 g/mol. The Hall–Kier alpha value is -2.97. The minimum absolute atomic E-state index is 0. The summed E-state index contributed by atoms with van der Waals surface area (Å²) in [6.45, 7) is 5.68. The zero-order valence-electron chi connectivity index (χ0n) is 17.0. The van der Waals surface area contributed by atoms with E-state index in [-0.39, 0.29) is 24.4 Å². The minimum Gasteiger partial charge on any atom is -0.477 e. The number of nitrogens with zero attached hydrogens (tertiary/aromatic N) is 4. The second-order valence-corrected chi connectivity index (χ2v) is 6.88. The van der Waals surface area contributed by atoms with Crippen LogP contribution in [0.3, 0.4) is 0 Å². The van der Waals surface area contributed by atoms with Crippen molar-refractivity contribution in [2.45, 2.75) is 26.3 Å². The third kappa shape index (κ3) is 4.44. The van der Waals surface area contributed by atoms with Crippen molar-refractivity contribution in [3.05, 3.63) is 65.0 Å². The van der Waals surface area contributed by atoms with Crippen LogP contribution in [0.25, 0.3) is 5.82 Å². The highest BCUT2D eigenvalue weighted by Gasteiger charge is 2.21. The molecule has 1 aliphatic heterocycles. The number of amides is 1. The summed E-state index contributed by atoms with van der Waals surface area (Å²) in [5, 5.41) is 19.0. The summed E-state index contributed by atoms with van der Waals surface area (Å²) < 4.78 is 6.91. The minimum atomic E-state index is -0.155. The third-order valence-corrected chi connectivity index (χ3v) is 5.07. The van der Waals surface area contributed by atoms with Gasteiger partial charge in [0.15, 0.2) is 5.82 Å². The molecule has 3 heterocycles. The second-order valence-electron chi connectivity index (χ2n) is 6.88. The van der Waals surface area contributed by atoms with E-state index in [9.17, 15) is 4.79 Å². The topological polar surface area (TPSA) is 94.0 Å². The van der Waals surface area contributed by atoms with E-state index in [1.165, 1.54) is 11.1 Å². The van der Waals surface area contributed by atoms with Crippen LogP contribution in [0.4, 0.5) is 0 Å². The second kappa shape index (κ2) is 9.69. The molecule has 1 amide bonds. The molecule has 1 unspecified atom stereocenters. The number of nitrogens with one attached hydrogen (secondary N) is 2. The maximum Gasteiger partial charge on any atom is 0.254 e. The van der Waals surface area contributed by atoms with Gasteiger partial charge in [0, 0.05) is 18.7 Å². The molecule has 1 aromatic carbocycles. The van der Waals surface area contributed by atoms with Gasteiger partial charge in [-0.3, -0.25) is 4.79 Å². The third-order valence-electron chi connectivity index (χ3n) is 5.07. The molecule has 158 valence electrons. The smallest absolute Gasteiger partial charge is 0.254 e. The number of benzene rings is 1. The molecule has 9 heteroatoms. The van der Waals surface area contributed by atoms with Gasteiger partial charge in [0.25, 0.3) is 5.91 Å². The van der Waals surface area contributed by atoms with Gasteiger partial charge in [-0.05, 0) is 44.0 Å². The van der Waals surface area contributed by atoms with Crippen LogP contribution in [0.15, 0.2) is 42.6 Å². The lowest BCUT2D eigenvalue weighted by atomic mass is 9.94. The maximum atomic E-state index is 12.8. The Morgan fingerprint density at radius 2 is 2.10 bits per heavy atom. The fourth-order valence-corrected chi connectivity index (χ4v) is 3.58. The number of halogens is 1. The molecule has 0 radical (unpaired) electrons. The monoisotopic (exact) mass is 428 g/mol. The molecule has 0 saturated carbocycles. The van der Waals surface area contributed by atoms with Gasteiger partial charge in [0.2, 0.25) is 5.88 Å². The van der Waals surface area contributed by atoms with Gasteiger partial charge < -0.3 is 15.4 Å². The molecule has 0 spiro atoms. The molecule has 0 fully saturated rings. The molecule has 8 nitrogen and oxygen atoms in total. The highest BCUT2D eigenvalue weighted by molar-refractivity contribution is 5.95. The molecule has 0 bridgehead atoms. The molecule has 0 aliphatic carbocycles. The fourth-order valence-electron chi connectivity index (χ4n) is 3.58. The van der Waals surface area contributed by atoms with Crippen LogP contribution in [-0.4, -0.2) is 45.6 Å². The lowest BCUT2D eigenvalue weighted by molar-refractivity contribution is 0.0948. The van der Waals surface area contributed by atoms with Gasteiger partial charge in [0.05, 0.1) is 24.1 Å². The van der Waals surface area contributed by atoms with E-state index < -0.39 is 0 Å². The quantitative estimate of drug-likeness (QED) is 0.626. The lowest BCUT2D eigenvalue weighted by Gasteiger charge is -2.27. The van der Waals surface area contributed by atoms with Gasteiger partial charge in [-0.1, -0.05) is 24.3 Å². The van der Waals surface area contributed by atoms with Crippen molar-refractivity contribution >= 4 is 18.3 Å². The number of fused-ring (bicyclic) bond motifs is 1. The van der Waals surface area contributed by atoms with Crippen molar-refractivity contribution in [1.82, 2.24) is 30.6 Å². The van der Waals surface area contributed by atoms with Crippen molar-refractivity contribution < 1.29 is 9.53 Å². The molecule has 0 saturated heterocycles. The van der Waals surface area contributed by atoms with E-state index in [4.69, 9.17) is 4.74 Å². The molecule has 2 N–H and O–H groups in total. The number of carbonyl (C=O) groups excluding carboxylic acids is 1. The first-order valence-electron chi connectivity index (χ1n) is 9.78. The summed E-state index contributed by atoms with van der Waals surface area (Å²) in [6.07, 6.45) is 2.57. The van der Waals surface area contributed by atoms with E-state index in [2.05, 4.69) is 44.1 Å². The van der Waals surface area contributed by atoms with E-state index in [1.807, 2.05) is 19.9 Å². The summed E-state index contributed by atoms with van der Waals surface area (Å²) in [6, 6.07) is 12.0. The first-order valence-corrected chi connectivity index (χ1v) is 9.78. The molecular weight excluding hydrogens is 404 g/mol. The molecule has 1 atom stereocenters. The van der Waals surface area contributed by atoms with Crippen LogP contribution < -0.4 is 15.4 Å². The number of aromatic nitrogens is 4. The number of carbonyl (C=O) groups is 1. The summed E-state index contributed by atoms with van der Waals surface area (Å²) in [4.78, 5) is 12.8. The Kier molecular flexibility index (Phi) is 7.02. The van der Waals surface area contributed by atoms with Crippen LogP contribution >= 0.6 is 12.4 Å². The Morgan fingerprint density at radius 3 is 2.87 bits per heavy atom. The van der Waals surface area contributed by atoms with E-state index >= 15 is 0 Å². The number of rotatable bonds is 6. The van der Waals surface area contributed by atoms with Crippen molar-refractivity contribution in [3.8, 4) is 11.7 Å². The normalized spacial score (nSPS) is 15.1. The molecule has 3 aromatic rings. The number of ether oxygens (including phenoxy) is 1. The predicted molar refractivity (Wildman–Crippen MR) is 116 cm³/mol. The number of hydrogen-bond donors (Lipinski definition) is 2. The highest BCUT2D eigenvalue weighted by atomic mass is 35.5. The summed E-state index contributed by atoms with van der Waals surface area (Å²) >= 11 is 0. The van der Waals surface area contributed by atoms with Gasteiger partial charge in [0.1, 0.15) is 0 Å². The first-order chi connectivity index (χ1) is 14.2. The zero-order valence-corrected chi connectivity index (χ0v) is 17.8. The summed E-state index contributed by atoms with van der Waals surface area (Å²) in [5.41, 5.74) is 3.81. The van der Waals surface area contributed by atoms with Crippen LogP contribution in [0, 0.1) is 6.92 Å². The Labute approximate surface area is 181 Å². The van der Waals surface area contributed by atoms with Crippen molar-refractivity contribution in [2.75, 3.05) is 19.7 Å². The summed E-state index contributed by atoms with van der Waals surface area (Å²) in [5.74, 6) is 0.838. The van der Waals surface area contributed by atoms with E-state index in [0.29, 0.717) is 36.1 Å². The van der Waals surface area contributed by atoms with Crippen LogP contribution in [0.1, 0.15) is 40.1 Å². The van der Waals surface area contributed by atoms with Crippen molar-refractivity contribution in [2.24, 2.45) is 0 Å². The SMILES string of the molecule is CCOc1ccc(-n2ncc(C(=O)NCC3NCCc4ccccc43)c2C)nn1.Cl. The van der Waals surface area contributed by atoms with E-state index in [0.717, 1.165) is 13.0 Å². The molecule has 2 aromatic heterocycles. The zero-order chi connectivity index (χ0) is 20.2. The first kappa shape index (κ1) is 21.7. The van der Waals surface area contributed by atoms with Crippen LogP contribution in [0.2, 0.25) is 0 Å². The molecule has 4 rings (SSSR count). The molecule has 30 heavy (non-hydrogen) atoms. The maximum absolute atomic E-state index is 12.8. The molecular formula is C21H25ClN6O2. The Balaban J connectivity index is 0.00000256. The van der Waals surface area contributed by atoms with Gasteiger partial charge in [-0.2, -0.15) is 5.10 Å². The highest BCUT2D eigenvalue weighted by Crippen LogP contribution is 2.22. The van der Waals surface area contributed by atoms with E-state index in [1.54, 1.807) is 23.0 Å². The fraction of sp³-hybridized carbons (Fsp3) is 0.333. The largest absolute Gasteiger partial charge is 0.477 e. The lowest BCUT2D eigenvalue weighted by Crippen LogP contribution is -2.38. The Bertz CT molecular complexity index is 1000. The van der Waals surface area contributed by atoms with Crippen LogP contribution in [-0.2, 0) is 6.42 Å². The molecule has 1 aliphatic rings. The van der Waals surface area contributed by atoms with Crippen molar-refractivity contribution in [1.29, 1.82) is 0 Å². The van der Waals surface area contributed by atoms with Crippen molar-refractivity contribution in [3.63, 3.8) is 0 Å².